The van der Waals surface area contributed by atoms with Gasteiger partial charge in [0.15, 0.2) is 29.4 Å². The first-order chi connectivity index (χ1) is 14.5. The maximum atomic E-state index is 14.4. The van der Waals surface area contributed by atoms with Gasteiger partial charge in [0.05, 0.1) is 26.4 Å². The minimum atomic E-state index is -1.09. The molecule has 0 amide bonds. The van der Waals surface area contributed by atoms with Crippen LogP contribution in [-0.2, 0) is 20.8 Å². The summed E-state index contributed by atoms with van der Waals surface area (Å²) in [4.78, 5) is 0. The van der Waals surface area contributed by atoms with Crippen molar-refractivity contribution < 1.29 is 37.2 Å². The Bertz CT molecular complexity index is 866. The molecular weight excluding hydrogens is 401 g/mol. The smallest absolute Gasteiger partial charge is 0.201 e. The molecule has 0 spiro atoms. The second kappa shape index (κ2) is 10.5. The summed E-state index contributed by atoms with van der Waals surface area (Å²) in [6.45, 7) is 4.10. The van der Waals surface area contributed by atoms with Gasteiger partial charge in [0.25, 0.3) is 0 Å². The Morgan fingerprint density at radius 3 is 2.57 bits per heavy atom. The number of benzene rings is 2. The van der Waals surface area contributed by atoms with Crippen molar-refractivity contribution in [1.82, 2.24) is 0 Å². The fourth-order valence-corrected chi connectivity index (χ4v) is 2.87. The molecule has 0 atom stereocenters. The predicted molar refractivity (Wildman–Crippen MR) is 103 cm³/mol. The third-order valence-corrected chi connectivity index (χ3v) is 4.51. The lowest BCUT2D eigenvalue weighted by atomic mass is 10.1. The first-order valence-electron chi connectivity index (χ1n) is 9.53. The van der Waals surface area contributed by atoms with E-state index in [0.29, 0.717) is 12.0 Å². The summed E-state index contributed by atoms with van der Waals surface area (Å²) < 4.78 is 63.9. The van der Waals surface area contributed by atoms with Crippen molar-refractivity contribution in [2.24, 2.45) is 0 Å². The zero-order valence-corrected chi connectivity index (χ0v) is 16.3. The number of hydrogen-bond acceptors (Lipinski definition) is 5. The highest BCUT2D eigenvalue weighted by molar-refractivity contribution is 5.32. The third kappa shape index (κ3) is 5.53. The van der Waals surface area contributed by atoms with Crippen molar-refractivity contribution in [3.63, 3.8) is 0 Å². The maximum absolute atomic E-state index is 14.4. The fourth-order valence-electron chi connectivity index (χ4n) is 2.87. The molecule has 30 heavy (non-hydrogen) atoms. The Kier molecular flexibility index (Phi) is 7.73. The number of hydrogen-bond donors (Lipinski definition) is 1. The number of phenolic OH excluding ortho intramolecular Hbond substituents is 1. The standard InChI is InChI=1S/C22H23F3O5/c1-2-3-4-9-27-19-8-6-16(20(24)21(19)25)22-29-12-15(13-30-22)28-11-14-5-7-18(26)17(23)10-14/h2,5-8,10,15,22,26H,1,3-4,9,11-13H2. The monoisotopic (exact) mass is 424 g/mol. The van der Waals surface area contributed by atoms with Gasteiger partial charge in [-0.1, -0.05) is 12.1 Å². The molecule has 1 aliphatic rings. The number of phenols is 1. The van der Waals surface area contributed by atoms with Crippen molar-refractivity contribution >= 4 is 0 Å². The molecule has 162 valence electrons. The molecule has 8 heteroatoms. The molecule has 0 aromatic heterocycles. The summed E-state index contributed by atoms with van der Waals surface area (Å²) in [5, 5.41) is 9.20. The van der Waals surface area contributed by atoms with Gasteiger partial charge in [-0.05, 0) is 42.7 Å². The van der Waals surface area contributed by atoms with Gasteiger partial charge in [0.1, 0.15) is 6.10 Å². The lowest BCUT2D eigenvalue weighted by Crippen LogP contribution is -2.33. The van der Waals surface area contributed by atoms with E-state index in [-0.39, 0.29) is 37.7 Å². The van der Waals surface area contributed by atoms with E-state index in [9.17, 15) is 18.3 Å². The van der Waals surface area contributed by atoms with Crippen LogP contribution in [0.3, 0.4) is 0 Å². The van der Waals surface area contributed by atoms with Crippen molar-refractivity contribution in [2.45, 2.75) is 31.8 Å². The molecule has 1 heterocycles. The van der Waals surface area contributed by atoms with E-state index in [2.05, 4.69) is 6.58 Å². The molecular formula is C22H23F3O5. The van der Waals surface area contributed by atoms with Crippen LogP contribution in [0.2, 0.25) is 0 Å². The number of ether oxygens (including phenoxy) is 4. The number of unbranched alkanes of at least 4 members (excludes halogenated alkanes) is 1. The summed E-state index contributed by atoms with van der Waals surface area (Å²) >= 11 is 0. The fraction of sp³-hybridized carbons (Fsp3) is 0.364. The Morgan fingerprint density at radius 1 is 1.10 bits per heavy atom. The van der Waals surface area contributed by atoms with Crippen LogP contribution in [0, 0.1) is 17.5 Å². The first kappa shape index (κ1) is 22.1. The van der Waals surface area contributed by atoms with E-state index in [1.54, 1.807) is 6.08 Å². The summed E-state index contributed by atoms with van der Waals surface area (Å²) in [7, 11) is 0. The topological polar surface area (TPSA) is 57.2 Å². The van der Waals surface area contributed by atoms with Gasteiger partial charge in [-0.3, -0.25) is 0 Å². The van der Waals surface area contributed by atoms with Crippen LogP contribution >= 0.6 is 0 Å². The van der Waals surface area contributed by atoms with E-state index in [4.69, 9.17) is 18.9 Å². The third-order valence-electron chi connectivity index (χ3n) is 4.51. The first-order valence-corrected chi connectivity index (χ1v) is 9.53. The van der Waals surface area contributed by atoms with E-state index >= 15 is 0 Å². The molecule has 1 fully saturated rings. The number of allylic oxidation sites excluding steroid dienone is 1. The second-order valence-electron chi connectivity index (χ2n) is 6.78. The predicted octanol–water partition coefficient (Wildman–Crippen LogP) is 4.79. The Morgan fingerprint density at radius 2 is 1.87 bits per heavy atom. The highest BCUT2D eigenvalue weighted by Gasteiger charge is 2.28. The molecule has 0 saturated carbocycles. The molecule has 1 aliphatic heterocycles. The Hall–Kier alpha value is -2.55. The lowest BCUT2D eigenvalue weighted by molar-refractivity contribution is -0.233. The quantitative estimate of drug-likeness (QED) is 0.464. The van der Waals surface area contributed by atoms with E-state index in [1.807, 2.05) is 0 Å². The summed E-state index contributed by atoms with van der Waals surface area (Å²) in [6, 6.07) is 6.65. The van der Waals surface area contributed by atoms with Crippen LogP contribution in [0.4, 0.5) is 13.2 Å². The van der Waals surface area contributed by atoms with Gasteiger partial charge in [-0.15, -0.1) is 6.58 Å². The minimum absolute atomic E-state index is 0.0648. The van der Waals surface area contributed by atoms with Crippen LogP contribution < -0.4 is 4.74 Å². The van der Waals surface area contributed by atoms with Crippen LogP contribution in [0.1, 0.15) is 30.3 Å². The molecule has 0 unspecified atom stereocenters. The second-order valence-corrected chi connectivity index (χ2v) is 6.78. The molecule has 1 saturated heterocycles. The molecule has 2 aromatic rings. The minimum Gasteiger partial charge on any atom is -0.505 e. The molecule has 5 nitrogen and oxygen atoms in total. The van der Waals surface area contributed by atoms with E-state index < -0.39 is 35.6 Å². The van der Waals surface area contributed by atoms with Gasteiger partial charge in [0, 0.05) is 5.56 Å². The SMILES string of the molecule is C=CCCCOc1ccc(C2OCC(OCc3ccc(O)c(F)c3)CO2)c(F)c1F. The van der Waals surface area contributed by atoms with Crippen molar-refractivity contribution in [3.05, 3.63) is 71.6 Å². The Labute approximate surface area is 172 Å². The van der Waals surface area contributed by atoms with Crippen molar-refractivity contribution in [1.29, 1.82) is 0 Å². The summed E-state index contributed by atoms with van der Waals surface area (Å²) in [6.07, 6.45) is 1.57. The van der Waals surface area contributed by atoms with Crippen molar-refractivity contribution in [2.75, 3.05) is 19.8 Å². The summed E-state index contributed by atoms with van der Waals surface area (Å²) in [5.41, 5.74) is 0.467. The number of aromatic hydroxyl groups is 1. The van der Waals surface area contributed by atoms with Gasteiger partial charge in [-0.2, -0.15) is 4.39 Å². The van der Waals surface area contributed by atoms with E-state index in [0.717, 1.165) is 6.42 Å². The highest BCUT2D eigenvalue weighted by Crippen LogP contribution is 2.31. The molecule has 0 aliphatic carbocycles. The van der Waals surface area contributed by atoms with Crippen LogP contribution in [-0.4, -0.2) is 31.0 Å². The molecule has 0 bridgehead atoms. The summed E-state index contributed by atoms with van der Waals surface area (Å²) in [5.74, 6) is -3.52. The van der Waals surface area contributed by atoms with Gasteiger partial charge in [-0.25, -0.2) is 8.78 Å². The normalized spacial score (nSPS) is 18.9. The molecule has 2 aromatic carbocycles. The van der Waals surface area contributed by atoms with Crippen LogP contribution in [0.15, 0.2) is 43.0 Å². The lowest BCUT2D eigenvalue weighted by Gasteiger charge is -2.30. The van der Waals surface area contributed by atoms with Gasteiger partial charge < -0.3 is 24.1 Å². The average Bonchev–Trinajstić information content (AvgIpc) is 2.75. The number of halogens is 3. The van der Waals surface area contributed by atoms with Gasteiger partial charge in [0.2, 0.25) is 5.82 Å². The highest BCUT2D eigenvalue weighted by atomic mass is 19.2. The Balaban J connectivity index is 1.52. The average molecular weight is 424 g/mol. The zero-order chi connectivity index (χ0) is 21.5. The molecule has 1 N–H and O–H groups in total. The van der Waals surface area contributed by atoms with Crippen LogP contribution in [0.5, 0.6) is 11.5 Å². The number of rotatable bonds is 9. The maximum Gasteiger partial charge on any atom is 0.201 e. The van der Waals surface area contributed by atoms with Crippen LogP contribution in [0.25, 0.3) is 0 Å². The van der Waals surface area contributed by atoms with Crippen molar-refractivity contribution in [3.8, 4) is 11.5 Å². The molecule has 0 radical (unpaired) electrons. The largest absolute Gasteiger partial charge is 0.505 e. The zero-order valence-electron chi connectivity index (χ0n) is 16.3. The van der Waals surface area contributed by atoms with E-state index in [1.165, 1.54) is 30.3 Å². The van der Waals surface area contributed by atoms with Gasteiger partial charge >= 0.3 is 0 Å². The molecule has 3 rings (SSSR count).